The number of carbonyl (C=O) groups is 1. The molecule has 1 amide bonds. The topological polar surface area (TPSA) is 72.8 Å². The van der Waals surface area contributed by atoms with Crippen LogP contribution < -0.4 is 0 Å². The van der Waals surface area contributed by atoms with Crippen LogP contribution in [-0.2, 0) is 4.79 Å². The Hall–Kier alpha value is -2.00. The number of nitrogens with zero attached hydrogens (tertiary/aromatic N) is 3. The van der Waals surface area contributed by atoms with Crippen molar-refractivity contribution in [2.75, 3.05) is 12.3 Å². The van der Waals surface area contributed by atoms with Crippen molar-refractivity contribution in [3.8, 4) is 6.07 Å². The summed E-state index contributed by atoms with van der Waals surface area (Å²) in [4.78, 5) is 23.3. The number of carbonyl (C=O) groups excluding carboxylic acids is 1. The lowest BCUT2D eigenvalue weighted by Gasteiger charge is -2.60. The number of aromatic amines is 1. The van der Waals surface area contributed by atoms with Crippen LogP contribution in [0.3, 0.4) is 0 Å². The molecule has 2 aromatic rings. The fourth-order valence-electron chi connectivity index (χ4n) is 6.39. The van der Waals surface area contributed by atoms with Gasteiger partial charge in [0.15, 0.2) is 5.16 Å². The molecule has 4 fully saturated rings. The van der Waals surface area contributed by atoms with Crippen molar-refractivity contribution in [2.24, 2.45) is 17.8 Å². The molecule has 4 aliphatic rings. The first-order valence-corrected chi connectivity index (χ1v) is 11.4. The number of H-pyrrole nitrogens is 1. The van der Waals surface area contributed by atoms with Crippen LogP contribution >= 0.6 is 11.8 Å². The number of rotatable bonds is 6. The third-order valence-electron chi connectivity index (χ3n) is 7.03. The molecule has 0 unspecified atom stereocenters. The molecular formula is C22H26N4OS. The highest BCUT2D eigenvalue weighted by Crippen LogP contribution is 2.57. The first kappa shape index (κ1) is 18.1. The average Bonchev–Trinajstić information content (AvgIpc) is 3.08. The van der Waals surface area contributed by atoms with Crippen molar-refractivity contribution in [3.63, 3.8) is 0 Å². The minimum atomic E-state index is 0.0110. The van der Waals surface area contributed by atoms with Gasteiger partial charge in [0.25, 0.3) is 0 Å². The van der Waals surface area contributed by atoms with Crippen LogP contribution in [0.1, 0.15) is 44.9 Å². The summed E-state index contributed by atoms with van der Waals surface area (Å²) in [5, 5.41) is 9.95. The minimum Gasteiger partial charge on any atom is -0.335 e. The van der Waals surface area contributed by atoms with Gasteiger partial charge in [0, 0.05) is 12.1 Å². The van der Waals surface area contributed by atoms with Crippen LogP contribution in [0.4, 0.5) is 0 Å². The van der Waals surface area contributed by atoms with Gasteiger partial charge in [-0.05, 0) is 68.4 Å². The number of hydrogen-bond acceptors (Lipinski definition) is 4. The molecule has 4 aliphatic carbocycles. The molecule has 1 aromatic carbocycles. The van der Waals surface area contributed by atoms with Gasteiger partial charge in [-0.1, -0.05) is 23.9 Å². The largest absolute Gasteiger partial charge is 0.335 e. The van der Waals surface area contributed by atoms with E-state index in [2.05, 4.69) is 20.9 Å². The molecule has 1 N–H and O–H groups in total. The molecule has 6 heteroatoms. The highest BCUT2D eigenvalue weighted by atomic mass is 32.2. The number of nitriles is 1. The van der Waals surface area contributed by atoms with Crippen LogP contribution in [0, 0.1) is 29.1 Å². The summed E-state index contributed by atoms with van der Waals surface area (Å²) in [5.74, 6) is 2.90. The second-order valence-electron chi connectivity index (χ2n) is 8.94. The summed E-state index contributed by atoms with van der Waals surface area (Å²) < 4.78 is 0. The van der Waals surface area contributed by atoms with E-state index in [0.717, 1.165) is 53.2 Å². The van der Waals surface area contributed by atoms with Crippen LogP contribution in [0.25, 0.3) is 11.0 Å². The van der Waals surface area contributed by atoms with E-state index in [1.807, 2.05) is 24.3 Å². The number of para-hydroxylation sites is 2. The van der Waals surface area contributed by atoms with Crippen molar-refractivity contribution in [2.45, 2.75) is 55.6 Å². The normalized spacial score (nSPS) is 30.5. The number of imidazole rings is 1. The molecule has 0 radical (unpaired) electrons. The highest BCUT2D eigenvalue weighted by molar-refractivity contribution is 7.99. The van der Waals surface area contributed by atoms with Crippen molar-refractivity contribution in [3.05, 3.63) is 24.3 Å². The third-order valence-corrected chi connectivity index (χ3v) is 7.88. The van der Waals surface area contributed by atoms with Crippen molar-refractivity contribution in [1.82, 2.24) is 14.9 Å². The van der Waals surface area contributed by atoms with Gasteiger partial charge >= 0.3 is 0 Å². The van der Waals surface area contributed by atoms with Crippen molar-refractivity contribution < 1.29 is 4.79 Å². The van der Waals surface area contributed by atoms with Gasteiger partial charge in [-0.25, -0.2) is 4.98 Å². The summed E-state index contributed by atoms with van der Waals surface area (Å²) in [6, 6.07) is 10.2. The van der Waals surface area contributed by atoms with Crippen molar-refractivity contribution in [1.29, 1.82) is 5.26 Å². The quantitative estimate of drug-likeness (QED) is 0.739. The van der Waals surface area contributed by atoms with Crippen LogP contribution in [0.2, 0.25) is 0 Å². The van der Waals surface area contributed by atoms with Crippen LogP contribution in [0.15, 0.2) is 29.4 Å². The lowest BCUT2D eigenvalue weighted by molar-refractivity contribution is -0.147. The molecule has 0 spiro atoms. The Morgan fingerprint density at radius 3 is 2.54 bits per heavy atom. The molecule has 6 rings (SSSR count). The summed E-state index contributed by atoms with van der Waals surface area (Å²) in [6.45, 7) is 0.572. The minimum absolute atomic E-state index is 0.0110. The van der Waals surface area contributed by atoms with Crippen molar-refractivity contribution >= 4 is 28.7 Å². The molecule has 0 aliphatic heterocycles. The number of thioether (sulfide) groups is 1. The van der Waals surface area contributed by atoms with E-state index in [0.29, 0.717) is 18.7 Å². The fourth-order valence-corrected chi connectivity index (χ4v) is 7.15. The van der Waals surface area contributed by atoms with E-state index in [-0.39, 0.29) is 11.4 Å². The predicted octanol–water partition coefficient (Wildman–Crippen LogP) is 4.37. The van der Waals surface area contributed by atoms with E-state index in [1.165, 1.54) is 31.0 Å². The molecule has 28 heavy (non-hydrogen) atoms. The van der Waals surface area contributed by atoms with Crippen LogP contribution in [-0.4, -0.2) is 38.6 Å². The van der Waals surface area contributed by atoms with Gasteiger partial charge < -0.3 is 9.88 Å². The average molecular weight is 395 g/mol. The molecule has 1 aromatic heterocycles. The Morgan fingerprint density at radius 1 is 1.21 bits per heavy atom. The fraction of sp³-hybridized carbons (Fsp3) is 0.591. The Balaban J connectivity index is 1.33. The first-order valence-electron chi connectivity index (χ1n) is 10.4. The summed E-state index contributed by atoms with van der Waals surface area (Å²) in [5.41, 5.74) is 1.94. The Morgan fingerprint density at radius 2 is 1.89 bits per heavy atom. The summed E-state index contributed by atoms with van der Waals surface area (Å²) in [7, 11) is 0. The molecule has 4 saturated carbocycles. The van der Waals surface area contributed by atoms with Gasteiger partial charge in [-0.15, -0.1) is 0 Å². The Labute approximate surface area is 169 Å². The van der Waals surface area contributed by atoms with E-state index in [9.17, 15) is 4.79 Å². The van der Waals surface area contributed by atoms with Crippen LogP contribution in [0.5, 0.6) is 0 Å². The monoisotopic (exact) mass is 394 g/mol. The zero-order valence-electron chi connectivity index (χ0n) is 16.1. The van der Waals surface area contributed by atoms with E-state index in [4.69, 9.17) is 5.26 Å². The summed E-state index contributed by atoms with van der Waals surface area (Å²) in [6.07, 6.45) is 7.92. The number of nitrogens with one attached hydrogen (secondary N) is 1. The van der Waals surface area contributed by atoms with E-state index in [1.54, 1.807) is 0 Å². The lowest BCUT2D eigenvalue weighted by atomic mass is 9.52. The first-order chi connectivity index (χ1) is 13.6. The lowest BCUT2D eigenvalue weighted by Crippen LogP contribution is -2.62. The Bertz CT molecular complexity index is 862. The van der Waals surface area contributed by atoms with Gasteiger partial charge in [-0.3, -0.25) is 4.79 Å². The predicted molar refractivity (Wildman–Crippen MR) is 110 cm³/mol. The van der Waals surface area contributed by atoms with Gasteiger partial charge in [0.2, 0.25) is 5.91 Å². The van der Waals surface area contributed by atoms with E-state index >= 15 is 0 Å². The molecule has 146 valence electrons. The molecular weight excluding hydrogens is 368 g/mol. The number of fused-ring (bicyclic) bond motifs is 1. The zero-order chi connectivity index (χ0) is 19.1. The smallest absolute Gasteiger partial charge is 0.233 e. The third kappa shape index (κ3) is 3.20. The van der Waals surface area contributed by atoms with E-state index < -0.39 is 0 Å². The maximum absolute atomic E-state index is 13.3. The highest BCUT2D eigenvalue weighted by Gasteiger charge is 2.54. The molecule has 4 bridgehead atoms. The maximum Gasteiger partial charge on any atom is 0.233 e. The second kappa shape index (κ2) is 7.11. The molecule has 0 saturated heterocycles. The maximum atomic E-state index is 13.3. The molecule has 0 atom stereocenters. The summed E-state index contributed by atoms with van der Waals surface area (Å²) >= 11 is 1.48. The van der Waals surface area contributed by atoms with Gasteiger partial charge in [-0.2, -0.15) is 5.26 Å². The Kier molecular flexibility index (Phi) is 4.59. The second-order valence-corrected chi connectivity index (χ2v) is 9.91. The number of benzene rings is 1. The zero-order valence-corrected chi connectivity index (χ0v) is 16.9. The molecule has 1 heterocycles. The van der Waals surface area contributed by atoms with Gasteiger partial charge in [0.05, 0.1) is 29.3 Å². The molecule has 5 nitrogen and oxygen atoms in total. The SMILES string of the molecule is N#CCCN(C(=O)CSc1nc2ccccc2[nH]1)C12CC3CC(CC(C3)C1)C2. The number of amides is 1. The van der Waals surface area contributed by atoms with Gasteiger partial charge in [0.1, 0.15) is 0 Å². The number of aromatic nitrogens is 2. The standard InChI is InChI=1S/C22H26N4OS/c23-6-3-7-26(22-11-15-8-16(12-22)10-17(9-15)13-22)20(27)14-28-21-24-18-4-1-2-5-19(18)25-21/h1-2,4-5,15-17H,3,7-14H2,(H,24,25). The number of hydrogen-bond donors (Lipinski definition) is 1.